The molecule has 2 aromatic carbocycles. The Bertz CT molecular complexity index is 1270. The Hall–Kier alpha value is -2.83. The van der Waals surface area contributed by atoms with E-state index in [1.807, 2.05) is 26.0 Å². The summed E-state index contributed by atoms with van der Waals surface area (Å²) in [4.78, 5) is 28.1. The number of hydrogen-bond donors (Lipinski definition) is 1. The number of carbonyl (C=O) groups is 1. The van der Waals surface area contributed by atoms with Crippen molar-refractivity contribution in [1.82, 2.24) is 9.47 Å². The molecule has 1 amide bonds. The fraction of sp³-hybridized carbons (Fsp3) is 0.308. The number of nitrogens with one attached hydrogen (secondary N) is 1. The van der Waals surface area contributed by atoms with Crippen LogP contribution in [0.25, 0.3) is 0 Å². The number of halogens is 3. The fourth-order valence-corrected chi connectivity index (χ4v) is 4.86. The molecule has 5 nitrogen and oxygen atoms in total. The van der Waals surface area contributed by atoms with Crippen LogP contribution < -0.4 is 10.9 Å². The van der Waals surface area contributed by atoms with Crippen molar-refractivity contribution in [2.75, 3.05) is 18.4 Å². The van der Waals surface area contributed by atoms with Gasteiger partial charge in [-0.15, -0.1) is 0 Å². The van der Waals surface area contributed by atoms with Gasteiger partial charge >= 0.3 is 0 Å². The topological polar surface area (TPSA) is 54.3 Å². The Morgan fingerprint density at radius 2 is 1.79 bits per heavy atom. The molecular weight excluding hydrogens is 476 g/mol. The van der Waals surface area contributed by atoms with Gasteiger partial charge in [0.2, 0.25) is 0 Å². The molecule has 2 heterocycles. The van der Waals surface area contributed by atoms with Gasteiger partial charge in [-0.2, -0.15) is 0 Å². The Morgan fingerprint density at radius 1 is 1.12 bits per heavy atom. The zero-order valence-corrected chi connectivity index (χ0v) is 20.6. The number of pyridine rings is 1. The summed E-state index contributed by atoms with van der Waals surface area (Å²) < 4.78 is 14.7. The molecule has 0 saturated carbocycles. The predicted molar refractivity (Wildman–Crippen MR) is 135 cm³/mol. The predicted octanol–water partition coefficient (Wildman–Crippen LogP) is 6.39. The third kappa shape index (κ3) is 4.98. The number of rotatable bonds is 5. The molecule has 0 radical (unpaired) electrons. The van der Waals surface area contributed by atoms with Gasteiger partial charge < -0.3 is 14.8 Å². The van der Waals surface area contributed by atoms with Crippen LogP contribution in [0.1, 0.15) is 47.2 Å². The number of likely N-dealkylation sites (tertiary alicyclic amines) is 1. The van der Waals surface area contributed by atoms with E-state index in [1.54, 1.807) is 29.3 Å². The molecule has 1 fully saturated rings. The minimum Gasteiger partial charge on any atom is -0.353 e. The van der Waals surface area contributed by atoms with E-state index < -0.39 is 0 Å². The third-order valence-electron chi connectivity index (χ3n) is 6.37. The number of piperidine rings is 1. The molecular formula is C26H26Cl2FN3O2. The molecule has 0 aliphatic carbocycles. The van der Waals surface area contributed by atoms with Crippen molar-refractivity contribution >= 4 is 40.5 Å². The second-order valence-electron chi connectivity index (χ2n) is 8.53. The summed E-state index contributed by atoms with van der Waals surface area (Å²) >= 11 is 12.6. The monoisotopic (exact) mass is 501 g/mol. The molecule has 1 aromatic heterocycles. The van der Waals surface area contributed by atoms with E-state index in [9.17, 15) is 14.0 Å². The lowest BCUT2D eigenvalue weighted by Crippen LogP contribution is -2.39. The molecule has 1 N–H and O–H groups in total. The molecule has 3 aromatic rings. The lowest BCUT2D eigenvalue weighted by atomic mass is 9.89. The van der Waals surface area contributed by atoms with Crippen LogP contribution in [0, 0.1) is 12.7 Å². The molecule has 4 rings (SSSR count). The number of amides is 1. The molecule has 0 spiro atoms. The van der Waals surface area contributed by atoms with Crippen molar-refractivity contribution in [2.24, 2.45) is 0 Å². The Labute approximate surface area is 208 Å². The fourth-order valence-electron chi connectivity index (χ4n) is 4.37. The number of carbonyl (C=O) groups excluding carboxylic acids is 1. The van der Waals surface area contributed by atoms with Gasteiger partial charge in [0.25, 0.3) is 11.5 Å². The van der Waals surface area contributed by atoms with E-state index in [1.165, 1.54) is 16.7 Å². The molecule has 0 unspecified atom stereocenters. The lowest BCUT2D eigenvalue weighted by molar-refractivity contribution is 0.0713. The molecule has 1 aliphatic heterocycles. The van der Waals surface area contributed by atoms with Crippen LogP contribution in [0.5, 0.6) is 0 Å². The van der Waals surface area contributed by atoms with Crippen LogP contribution in [-0.4, -0.2) is 28.5 Å². The summed E-state index contributed by atoms with van der Waals surface area (Å²) in [6.07, 6.45) is 3.13. The van der Waals surface area contributed by atoms with Crippen molar-refractivity contribution in [3.63, 3.8) is 0 Å². The molecule has 1 saturated heterocycles. The first kappa shape index (κ1) is 24.3. The van der Waals surface area contributed by atoms with Crippen molar-refractivity contribution in [3.05, 3.63) is 91.6 Å². The highest BCUT2D eigenvalue weighted by Gasteiger charge is 2.28. The summed E-state index contributed by atoms with van der Waals surface area (Å²) in [7, 11) is 0. The number of aromatic nitrogens is 1. The third-order valence-corrected chi connectivity index (χ3v) is 6.95. The Morgan fingerprint density at radius 3 is 2.41 bits per heavy atom. The quantitative estimate of drug-likeness (QED) is 0.440. The molecule has 8 heteroatoms. The molecule has 1 aliphatic rings. The highest BCUT2D eigenvalue weighted by atomic mass is 35.5. The van der Waals surface area contributed by atoms with Gasteiger partial charge in [0.05, 0.1) is 11.3 Å². The van der Waals surface area contributed by atoms with Crippen LogP contribution in [0.4, 0.5) is 15.8 Å². The van der Waals surface area contributed by atoms with Gasteiger partial charge in [-0.05, 0) is 74.1 Å². The minimum atomic E-state index is -0.357. The lowest BCUT2D eigenvalue weighted by Gasteiger charge is -2.33. The Kier molecular flexibility index (Phi) is 7.29. The van der Waals surface area contributed by atoms with Crippen molar-refractivity contribution in [1.29, 1.82) is 0 Å². The van der Waals surface area contributed by atoms with Gasteiger partial charge in [0, 0.05) is 36.5 Å². The van der Waals surface area contributed by atoms with E-state index in [0.29, 0.717) is 41.6 Å². The number of anilines is 2. The second kappa shape index (κ2) is 10.2. The first-order valence-corrected chi connectivity index (χ1v) is 12.0. The molecule has 178 valence electrons. The molecule has 0 bridgehead atoms. The highest BCUT2D eigenvalue weighted by Crippen LogP contribution is 2.33. The van der Waals surface area contributed by atoms with E-state index in [2.05, 4.69) is 5.32 Å². The van der Waals surface area contributed by atoms with Gasteiger partial charge in [0.15, 0.2) is 0 Å². The number of aryl methyl sites for hydroxylation is 2. The number of nitrogens with zero attached hydrogens (tertiary/aromatic N) is 2. The maximum Gasteiger partial charge on any atom is 0.271 e. The second-order valence-corrected chi connectivity index (χ2v) is 9.34. The first-order chi connectivity index (χ1) is 16.3. The zero-order valence-electron chi connectivity index (χ0n) is 19.1. The largest absolute Gasteiger partial charge is 0.353 e. The first-order valence-electron chi connectivity index (χ1n) is 11.3. The van der Waals surface area contributed by atoms with Gasteiger partial charge in [-0.25, -0.2) is 4.39 Å². The van der Waals surface area contributed by atoms with Crippen molar-refractivity contribution in [3.8, 4) is 0 Å². The highest BCUT2D eigenvalue weighted by molar-refractivity contribution is 6.34. The van der Waals surface area contributed by atoms with E-state index in [-0.39, 0.29) is 28.2 Å². The van der Waals surface area contributed by atoms with E-state index >= 15 is 0 Å². The SMILES string of the molecule is CCn1cc(C(=O)N2CCC(c3ccc(F)cc3)CC2)c(Nc2ccc(Cl)cc2C)c(Cl)c1=O. The summed E-state index contributed by atoms with van der Waals surface area (Å²) in [6, 6.07) is 11.9. The van der Waals surface area contributed by atoms with Crippen LogP contribution in [0.15, 0.2) is 53.5 Å². The van der Waals surface area contributed by atoms with E-state index in [4.69, 9.17) is 23.2 Å². The van der Waals surface area contributed by atoms with Crippen LogP contribution >= 0.6 is 23.2 Å². The van der Waals surface area contributed by atoms with Crippen LogP contribution in [0.3, 0.4) is 0 Å². The van der Waals surface area contributed by atoms with Crippen LogP contribution in [0.2, 0.25) is 10.0 Å². The summed E-state index contributed by atoms with van der Waals surface area (Å²) in [5.41, 5.74) is 2.95. The summed E-state index contributed by atoms with van der Waals surface area (Å²) in [5, 5.41) is 3.77. The van der Waals surface area contributed by atoms with E-state index in [0.717, 1.165) is 24.0 Å². The number of hydrogen-bond acceptors (Lipinski definition) is 3. The van der Waals surface area contributed by atoms with Crippen LogP contribution in [-0.2, 0) is 6.54 Å². The average Bonchev–Trinajstić information content (AvgIpc) is 2.84. The maximum absolute atomic E-state index is 13.6. The number of benzene rings is 2. The van der Waals surface area contributed by atoms with Crippen molar-refractivity contribution in [2.45, 2.75) is 39.2 Å². The normalized spacial score (nSPS) is 14.3. The maximum atomic E-state index is 13.6. The minimum absolute atomic E-state index is 0.0248. The zero-order chi connectivity index (χ0) is 24.4. The standard InChI is InChI=1S/C26H26Cl2FN3O2/c1-3-31-15-21(24(23(28)26(31)34)30-22-9-6-19(27)14-16(22)2)25(33)32-12-10-18(11-13-32)17-4-7-20(29)8-5-17/h4-9,14-15,18,30H,3,10-13H2,1-2H3. The van der Waals surface area contributed by atoms with Gasteiger partial charge in [0.1, 0.15) is 10.8 Å². The average molecular weight is 502 g/mol. The molecule has 0 atom stereocenters. The van der Waals surface area contributed by atoms with Gasteiger partial charge in [-0.1, -0.05) is 35.3 Å². The molecule has 34 heavy (non-hydrogen) atoms. The smallest absolute Gasteiger partial charge is 0.271 e. The summed E-state index contributed by atoms with van der Waals surface area (Å²) in [5.74, 6) is -0.168. The summed E-state index contributed by atoms with van der Waals surface area (Å²) in [6.45, 7) is 5.23. The van der Waals surface area contributed by atoms with Gasteiger partial charge in [-0.3, -0.25) is 9.59 Å². The Balaban J connectivity index is 1.62. The van der Waals surface area contributed by atoms with Crippen molar-refractivity contribution < 1.29 is 9.18 Å².